The minimum absolute atomic E-state index is 0.0855. The van der Waals surface area contributed by atoms with E-state index in [4.69, 9.17) is 4.74 Å². The number of amides is 1. The van der Waals surface area contributed by atoms with Gasteiger partial charge in [-0.25, -0.2) is 4.98 Å². The van der Waals surface area contributed by atoms with Crippen LogP contribution in [0.25, 0.3) is 0 Å². The standard InChI is InChI=1S/C18H29N5O2/c1-12-19-17(22-21-12)15-5-8-23(14-3-2-4-14)11-16(15)20-18(24)13-6-9-25-10-7-13/h13-16H,2-11H2,1H3,(H,20,24)(H,19,21,22)/t15-,16+/m0/s1. The largest absolute Gasteiger partial charge is 0.381 e. The summed E-state index contributed by atoms with van der Waals surface area (Å²) in [6.45, 7) is 5.31. The first-order chi connectivity index (χ1) is 12.2. The first-order valence-corrected chi connectivity index (χ1v) is 9.72. The lowest BCUT2D eigenvalue weighted by atomic mass is 9.85. The smallest absolute Gasteiger partial charge is 0.223 e. The number of carbonyl (C=O) groups is 1. The summed E-state index contributed by atoms with van der Waals surface area (Å²) in [6, 6.07) is 0.803. The monoisotopic (exact) mass is 347 g/mol. The van der Waals surface area contributed by atoms with Gasteiger partial charge in [0.05, 0.1) is 6.04 Å². The van der Waals surface area contributed by atoms with Crippen LogP contribution in [0.15, 0.2) is 0 Å². The molecule has 0 bridgehead atoms. The molecule has 3 fully saturated rings. The molecule has 7 heteroatoms. The first kappa shape index (κ1) is 17.0. The van der Waals surface area contributed by atoms with E-state index in [1.54, 1.807) is 0 Å². The Morgan fingerprint density at radius 1 is 1.24 bits per heavy atom. The zero-order valence-corrected chi connectivity index (χ0v) is 15.0. The summed E-state index contributed by atoms with van der Waals surface area (Å²) in [5, 5.41) is 10.7. The fourth-order valence-electron chi connectivity index (χ4n) is 4.30. The number of hydrogen-bond donors (Lipinski definition) is 2. The summed E-state index contributed by atoms with van der Waals surface area (Å²) < 4.78 is 5.39. The van der Waals surface area contributed by atoms with Gasteiger partial charge in [-0.15, -0.1) is 0 Å². The number of nitrogens with one attached hydrogen (secondary N) is 2. The maximum atomic E-state index is 12.8. The average Bonchev–Trinajstić information content (AvgIpc) is 3.00. The zero-order valence-electron chi connectivity index (χ0n) is 15.0. The molecule has 1 aromatic rings. The Labute approximate surface area is 148 Å². The second-order valence-corrected chi connectivity index (χ2v) is 7.76. The van der Waals surface area contributed by atoms with Gasteiger partial charge in [0.15, 0.2) is 5.82 Å². The Morgan fingerprint density at radius 2 is 2.04 bits per heavy atom. The van der Waals surface area contributed by atoms with Gasteiger partial charge in [0, 0.05) is 37.6 Å². The quantitative estimate of drug-likeness (QED) is 0.859. The Balaban J connectivity index is 1.46. The molecule has 138 valence electrons. The zero-order chi connectivity index (χ0) is 17.2. The van der Waals surface area contributed by atoms with E-state index in [1.165, 1.54) is 19.3 Å². The minimum Gasteiger partial charge on any atom is -0.381 e. The van der Waals surface area contributed by atoms with Crippen LogP contribution in [0.3, 0.4) is 0 Å². The molecule has 2 atom stereocenters. The molecule has 25 heavy (non-hydrogen) atoms. The Morgan fingerprint density at radius 3 is 2.68 bits per heavy atom. The van der Waals surface area contributed by atoms with E-state index in [-0.39, 0.29) is 23.8 Å². The molecule has 1 saturated carbocycles. The summed E-state index contributed by atoms with van der Waals surface area (Å²) in [5.41, 5.74) is 0. The topological polar surface area (TPSA) is 83.1 Å². The van der Waals surface area contributed by atoms with Crippen LogP contribution < -0.4 is 5.32 Å². The van der Waals surface area contributed by atoms with Crippen molar-refractivity contribution in [2.24, 2.45) is 5.92 Å². The van der Waals surface area contributed by atoms with Crippen molar-refractivity contribution in [3.8, 4) is 0 Å². The van der Waals surface area contributed by atoms with Crippen molar-refractivity contribution in [3.63, 3.8) is 0 Å². The van der Waals surface area contributed by atoms with Gasteiger partial charge in [0.25, 0.3) is 0 Å². The predicted molar refractivity (Wildman–Crippen MR) is 93.2 cm³/mol. The second kappa shape index (κ2) is 7.41. The molecule has 2 aliphatic heterocycles. The van der Waals surface area contributed by atoms with Crippen LogP contribution in [-0.2, 0) is 9.53 Å². The molecule has 2 N–H and O–H groups in total. The maximum Gasteiger partial charge on any atom is 0.223 e. The number of carbonyl (C=O) groups excluding carboxylic acids is 1. The fraction of sp³-hybridized carbons (Fsp3) is 0.833. The van der Waals surface area contributed by atoms with Crippen molar-refractivity contribution in [2.75, 3.05) is 26.3 Å². The third-order valence-electron chi connectivity index (χ3n) is 6.10. The number of likely N-dealkylation sites (tertiary alicyclic amines) is 1. The first-order valence-electron chi connectivity index (χ1n) is 9.72. The number of nitrogens with zero attached hydrogens (tertiary/aromatic N) is 3. The van der Waals surface area contributed by atoms with Crippen LogP contribution in [0, 0.1) is 12.8 Å². The maximum absolute atomic E-state index is 12.8. The van der Waals surface area contributed by atoms with Crippen molar-refractivity contribution >= 4 is 5.91 Å². The number of aromatic nitrogens is 3. The van der Waals surface area contributed by atoms with E-state index in [0.29, 0.717) is 19.3 Å². The van der Waals surface area contributed by atoms with Gasteiger partial charge in [-0.3, -0.25) is 14.8 Å². The van der Waals surface area contributed by atoms with Crippen LogP contribution in [0.4, 0.5) is 0 Å². The molecule has 0 radical (unpaired) electrons. The van der Waals surface area contributed by atoms with Gasteiger partial charge in [-0.1, -0.05) is 6.42 Å². The number of H-pyrrole nitrogens is 1. The second-order valence-electron chi connectivity index (χ2n) is 7.76. The average molecular weight is 347 g/mol. The van der Waals surface area contributed by atoms with E-state index in [0.717, 1.165) is 44.0 Å². The van der Waals surface area contributed by atoms with Gasteiger partial charge in [-0.05, 0) is 45.6 Å². The number of aryl methyl sites for hydroxylation is 1. The van der Waals surface area contributed by atoms with E-state index in [1.807, 2.05) is 6.92 Å². The highest BCUT2D eigenvalue weighted by molar-refractivity contribution is 5.79. The van der Waals surface area contributed by atoms with E-state index in [9.17, 15) is 4.79 Å². The lowest BCUT2D eigenvalue weighted by Gasteiger charge is -2.45. The molecule has 3 heterocycles. The Bertz CT molecular complexity index is 594. The van der Waals surface area contributed by atoms with Gasteiger partial charge in [0.1, 0.15) is 5.82 Å². The number of piperidine rings is 1. The number of rotatable bonds is 4. The highest BCUT2D eigenvalue weighted by Crippen LogP contribution is 2.32. The highest BCUT2D eigenvalue weighted by Gasteiger charge is 2.38. The molecule has 0 aromatic carbocycles. The van der Waals surface area contributed by atoms with Crippen LogP contribution in [0.2, 0.25) is 0 Å². The highest BCUT2D eigenvalue weighted by atomic mass is 16.5. The Kier molecular flexibility index (Phi) is 5.03. The van der Waals surface area contributed by atoms with Crippen LogP contribution in [0.5, 0.6) is 0 Å². The lowest BCUT2D eigenvalue weighted by Crippen LogP contribution is -2.56. The molecule has 3 aliphatic rings. The summed E-state index contributed by atoms with van der Waals surface area (Å²) in [4.78, 5) is 19.9. The van der Waals surface area contributed by atoms with Crippen molar-refractivity contribution in [1.29, 1.82) is 0 Å². The van der Waals surface area contributed by atoms with E-state index < -0.39 is 0 Å². The normalized spacial score (nSPS) is 29.3. The molecule has 1 aromatic heterocycles. The summed E-state index contributed by atoms with van der Waals surface area (Å²) >= 11 is 0. The number of aromatic amines is 1. The number of ether oxygens (including phenoxy) is 1. The molecule has 2 saturated heterocycles. The molecule has 1 aliphatic carbocycles. The number of hydrogen-bond acceptors (Lipinski definition) is 5. The lowest BCUT2D eigenvalue weighted by molar-refractivity contribution is -0.129. The van der Waals surface area contributed by atoms with Crippen LogP contribution in [-0.4, -0.2) is 64.4 Å². The van der Waals surface area contributed by atoms with Gasteiger partial charge in [-0.2, -0.15) is 5.10 Å². The molecule has 1 amide bonds. The van der Waals surface area contributed by atoms with E-state index >= 15 is 0 Å². The van der Waals surface area contributed by atoms with E-state index in [2.05, 4.69) is 25.4 Å². The summed E-state index contributed by atoms with van der Waals surface area (Å²) in [6.07, 6.45) is 6.59. The van der Waals surface area contributed by atoms with Crippen molar-refractivity contribution < 1.29 is 9.53 Å². The minimum atomic E-state index is 0.0855. The molecule has 4 rings (SSSR count). The third-order valence-corrected chi connectivity index (χ3v) is 6.10. The van der Waals surface area contributed by atoms with Gasteiger partial charge >= 0.3 is 0 Å². The molecule has 0 spiro atoms. The third kappa shape index (κ3) is 3.72. The molecule has 0 unspecified atom stereocenters. The fourth-order valence-corrected chi connectivity index (χ4v) is 4.30. The molecular weight excluding hydrogens is 318 g/mol. The van der Waals surface area contributed by atoms with Gasteiger partial charge in [0.2, 0.25) is 5.91 Å². The van der Waals surface area contributed by atoms with Crippen molar-refractivity contribution in [2.45, 2.75) is 63.5 Å². The van der Waals surface area contributed by atoms with Crippen LogP contribution >= 0.6 is 0 Å². The SMILES string of the molecule is Cc1nc([C@H]2CCN(C3CCC3)C[C@H]2NC(=O)C2CCOCC2)n[nH]1. The molecule has 7 nitrogen and oxygen atoms in total. The summed E-state index contributed by atoms with van der Waals surface area (Å²) in [7, 11) is 0. The molecular formula is C18H29N5O2. The predicted octanol–water partition coefficient (Wildman–Crippen LogP) is 1.37. The Hall–Kier alpha value is -1.47. The van der Waals surface area contributed by atoms with Crippen LogP contribution in [0.1, 0.15) is 56.1 Å². The van der Waals surface area contributed by atoms with Gasteiger partial charge < -0.3 is 10.1 Å². The summed E-state index contributed by atoms with van der Waals surface area (Å²) in [5.74, 6) is 2.16. The van der Waals surface area contributed by atoms with Crippen molar-refractivity contribution in [3.05, 3.63) is 11.6 Å². The van der Waals surface area contributed by atoms with Crippen molar-refractivity contribution in [1.82, 2.24) is 25.4 Å².